The summed E-state index contributed by atoms with van der Waals surface area (Å²) >= 11 is 5.23. The number of rotatable bonds is 6. The standard InChI is InChI=1S/C14H21BrN2OS/c1-16-10-11-4-3-9-17(11)14(18)6-2-5-12-7-8-13(15)19-12/h7-8,11,16H,2-6,9-10H2,1H3. The zero-order valence-corrected chi connectivity index (χ0v) is 13.7. The van der Waals surface area contributed by atoms with E-state index in [4.69, 9.17) is 0 Å². The fourth-order valence-corrected chi connectivity index (χ4v) is 4.18. The van der Waals surface area contributed by atoms with Crippen molar-refractivity contribution in [1.29, 1.82) is 0 Å². The van der Waals surface area contributed by atoms with Crippen LogP contribution in [0.4, 0.5) is 0 Å². The molecule has 0 spiro atoms. The highest BCUT2D eigenvalue weighted by Gasteiger charge is 2.27. The number of likely N-dealkylation sites (N-methyl/N-ethyl adjacent to an activating group) is 1. The van der Waals surface area contributed by atoms with Crippen molar-refractivity contribution >= 4 is 33.2 Å². The molecule has 0 bridgehead atoms. The Hall–Kier alpha value is -0.390. The first-order valence-electron chi connectivity index (χ1n) is 6.89. The Bertz CT molecular complexity index is 421. The van der Waals surface area contributed by atoms with Gasteiger partial charge in [0.15, 0.2) is 0 Å². The van der Waals surface area contributed by atoms with Crippen LogP contribution in [0.5, 0.6) is 0 Å². The fourth-order valence-electron chi connectivity index (χ4n) is 2.66. The monoisotopic (exact) mass is 344 g/mol. The first-order chi connectivity index (χ1) is 9.20. The number of halogens is 1. The lowest BCUT2D eigenvalue weighted by Gasteiger charge is -2.24. The van der Waals surface area contributed by atoms with Gasteiger partial charge in [-0.05, 0) is 60.8 Å². The number of hydrogen-bond donors (Lipinski definition) is 1. The van der Waals surface area contributed by atoms with Crippen molar-refractivity contribution in [2.45, 2.75) is 38.1 Å². The van der Waals surface area contributed by atoms with Crippen LogP contribution in [0.2, 0.25) is 0 Å². The van der Waals surface area contributed by atoms with Gasteiger partial charge in [0.2, 0.25) is 5.91 Å². The van der Waals surface area contributed by atoms with Crippen LogP contribution in [0.3, 0.4) is 0 Å². The predicted molar refractivity (Wildman–Crippen MR) is 83.6 cm³/mol. The number of aryl methyl sites for hydroxylation is 1. The molecule has 1 atom stereocenters. The van der Waals surface area contributed by atoms with E-state index < -0.39 is 0 Å². The van der Waals surface area contributed by atoms with E-state index in [0.29, 0.717) is 18.4 Å². The average molecular weight is 345 g/mol. The Morgan fingerprint density at radius 1 is 1.58 bits per heavy atom. The summed E-state index contributed by atoms with van der Waals surface area (Å²) in [4.78, 5) is 15.6. The molecule has 2 rings (SSSR count). The van der Waals surface area contributed by atoms with Gasteiger partial charge >= 0.3 is 0 Å². The van der Waals surface area contributed by atoms with Crippen LogP contribution in [0.1, 0.15) is 30.6 Å². The van der Waals surface area contributed by atoms with Crippen LogP contribution in [0.25, 0.3) is 0 Å². The molecule has 1 saturated heterocycles. The predicted octanol–water partition coefficient (Wildman–Crippen LogP) is 3.04. The largest absolute Gasteiger partial charge is 0.338 e. The Kier molecular flexibility index (Phi) is 5.85. The van der Waals surface area contributed by atoms with Gasteiger partial charge in [-0.2, -0.15) is 0 Å². The van der Waals surface area contributed by atoms with Gasteiger partial charge in [-0.1, -0.05) is 0 Å². The molecule has 0 radical (unpaired) electrons. The first kappa shape index (κ1) is 15.0. The van der Waals surface area contributed by atoms with Crippen LogP contribution < -0.4 is 5.32 Å². The average Bonchev–Trinajstić information content (AvgIpc) is 2.99. The van der Waals surface area contributed by atoms with Gasteiger partial charge in [0, 0.05) is 30.4 Å². The highest BCUT2D eigenvalue weighted by Crippen LogP contribution is 2.24. The minimum absolute atomic E-state index is 0.327. The molecular weight excluding hydrogens is 324 g/mol. The minimum Gasteiger partial charge on any atom is -0.338 e. The summed E-state index contributed by atoms with van der Waals surface area (Å²) in [5.41, 5.74) is 0. The molecule has 1 amide bonds. The van der Waals surface area contributed by atoms with E-state index in [2.05, 4.69) is 38.3 Å². The van der Waals surface area contributed by atoms with Gasteiger partial charge < -0.3 is 10.2 Å². The van der Waals surface area contributed by atoms with E-state index in [0.717, 1.165) is 38.8 Å². The maximum Gasteiger partial charge on any atom is 0.222 e. The lowest BCUT2D eigenvalue weighted by atomic mass is 10.1. The van der Waals surface area contributed by atoms with Crippen molar-refractivity contribution in [3.8, 4) is 0 Å². The maximum atomic E-state index is 12.2. The van der Waals surface area contributed by atoms with Gasteiger partial charge in [0.05, 0.1) is 3.79 Å². The second-order valence-electron chi connectivity index (χ2n) is 5.00. The first-order valence-corrected chi connectivity index (χ1v) is 8.50. The second kappa shape index (κ2) is 7.41. The zero-order valence-electron chi connectivity index (χ0n) is 11.3. The molecule has 19 heavy (non-hydrogen) atoms. The molecular formula is C14H21BrN2OS. The summed E-state index contributed by atoms with van der Waals surface area (Å²) in [5, 5.41) is 3.18. The Labute approximate surface area is 127 Å². The molecule has 5 heteroatoms. The van der Waals surface area contributed by atoms with Crippen LogP contribution in [0, 0.1) is 0 Å². The molecule has 1 unspecified atom stereocenters. The highest BCUT2D eigenvalue weighted by atomic mass is 79.9. The number of hydrogen-bond acceptors (Lipinski definition) is 3. The van der Waals surface area contributed by atoms with Gasteiger partial charge in [-0.3, -0.25) is 4.79 Å². The SMILES string of the molecule is CNCC1CCCN1C(=O)CCCc1ccc(Br)s1. The number of likely N-dealkylation sites (tertiary alicyclic amines) is 1. The minimum atomic E-state index is 0.327. The molecule has 2 heterocycles. The molecule has 1 N–H and O–H groups in total. The third-order valence-electron chi connectivity index (χ3n) is 3.58. The smallest absolute Gasteiger partial charge is 0.222 e. The van der Waals surface area contributed by atoms with Crippen molar-refractivity contribution < 1.29 is 4.79 Å². The van der Waals surface area contributed by atoms with E-state index in [1.54, 1.807) is 11.3 Å². The molecule has 0 aliphatic carbocycles. The lowest BCUT2D eigenvalue weighted by Crippen LogP contribution is -2.40. The quantitative estimate of drug-likeness (QED) is 0.860. The highest BCUT2D eigenvalue weighted by molar-refractivity contribution is 9.11. The topological polar surface area (TPSA) is 32.3 Å². The van der Waals surface area contributed by atoms with E-state index in [1.807, 2.05) is 7.05 Å². The normalized spacial score (nSPS) is 19.1. The molecule has 0 aromatic carbocycles. The summed E-state index contributed by atoms with van der Waals surface area (Å²) in [6, 6.07) is 4.62. The molecule has 106 valence electrons. The summed E-state index contributed by atoms with van der Waals surface area (Å²) in [6.45, 7) is 1.86. The van der Waals surface area contributed by atoms with Crippen LogP contribution >= 0.6 is 27.3 Å². The van der Waals surface area contributed by atoms with Crippen molar-refractivity contribution in [2.24, 2.45) is 0 Å². The van der Waals surface area contributed by atoms with E-state index in [1.165, 1.54) is 8.66 Å². The summed E-state index contributed by atoms with van der Waals surface area (Å²) < 4.78 is 1.17. The van der Waals surface area contributed by atoms with Crippen molar-refractivity contribution in [3.05, 3.63) is 20.8 Å². The molecule has 1 aliphatic heterocycles. The zero-order chi connectivity index (χ0) is 13.7. The van der Waals surface area contributed by atoms with E-state index in [9.17, 15) is 4.79 Å². The number of carbonyl (C=O) groups is 1. The Balaban J connectivity index is 1.74. The van der Waals surface area contributed by atoms with Crippen molar-refractivity contribution in [3.63, 3.8) is 0 Å². The number of thiophene rings is 1. The summed E-state index contributed by atoms with van der Waals surface area (Å²) in [5.74, 6) is 0.327. The maximum absolute atomic E-state index is 12.2. The number of amides is 1. The molecule has 1 aromatic heterocycles. The van der Waals surface area contributed by atoms with Gasteiger partial charge in [0.25, 0.3) is 0 Å². The number of carbonyl (C=O) groups excluding carboxylic acids is 1. The number of nitrogens with zero attached hydrogens (tertiary/aromatic N) is 1. The lowest BCUT2D eigenvalue weighted by molar-refractivity contribution is -0.132. The molecule has 0 saturated carbocycles. The molecule has 3 nitrogen and oxygen atoms in total. The molecule has 1 aliphatic rings. The van der Waals surface area contributed by atoms with E-state index >= 15 is 0 Å². The number of nitrogens with one attached hydrogen (secondary N) is 1. The van der Waals surface area contributed by atoms with Crippen LogP contribution in [0.15, 0.2) is 15.9 Å². The van der Waals surface area contributed by atoms with Gasteiger partial charge in [-0.25, -0.2) is 0 Å². The second-order valence-corrected chi connectivity index (χ2v) is 7.55. The van der Waals surface area contributed by atoms with E-state index in [-0.39, 0.29) is 0 Å². The summed E-state index contributed by atoms with van der Waals surface area (Å²) in [7, 11) is 1.95. The fraction of sp³-hybridized carbons (Fsp3) is 0.643. The molecule has 1 aromatic rings. The Morgan fingerprint density at radius 2 is 2.42 bits per heavy atom. The van der Waals surface area contributed by atoms with Crippen molar-refractivity contribution in [1.82, 2.24) is 10.2 Å². The van der Waals surface area contributed by atoms with Gasteiger partial charge in [-0.15, -0.1) is 11.3 Å². The molecule has 1 fully saturated rings. The van der Waals surface area contributed by atoms with Crippen molar-refractivity contribution in [2.75, 3.05) is 20.1 Å². The van der Waals surface area contributed by atoms with Crippen LogP contribution in [-0.4, -0.2) is 37.0 Å². The third-order valence-corrected chi connectivity index (χ3v) is 5.26. The third kappa shape index (κ3) is 4.29. The Morgan fingerprint density at radius 3 is 3.11 bits per heavy atom. The van der Waals surface area contributed by atoms with Gasteiger partial charge in [0.1, 0.15) is 0 Å². The summed E-state index contributed by atoms with van der Waals surface area (Å²) in [6.07, 6.45) is 4.93. The van der Waals surface area contributed by atoms with Crippen LogP contribution in [-0.2, 0) is 11.2 Å².